The van der Waals surface area contributed by atoms with E-state index in [1.807, 2.05) is 12.1 Å². The Bertz CT molecular complexity index is 1160. The minimum Gasteiger partial charge on any atom is -0.493 e. The molecule has 1 unspecified atom stereocenters. The van der Waals surface area contributed by atoms with Gasteiger partial charge in [0, 0.05) is 18.9 Å². The molecule has 35 heavy (non-hydrogen) atoms. The molecule has 1 atom stereocenters. The predicted molar refractivity (Wildman–Crippen MR) is 134 cm³/mol. The van der Waals surface area contributed by atoms with Crippen LogP contribution in [0.25, 0.3) is 0 Å². The zero-order valence-electron chi connectivity index (χ0n) is 20.5. The quantitative estimate of drug-likeness (QED) is 0.382. The van der Waals surface area contributed by atoms with Crippen molar-refractivity contribution in [1.29, 1.82) is 0 Å². The highest BCUT2D eigenvalue weighted by Gasteiger charge is 2.23. The third-order valence-corrected chi connectivity index (χ3v) is 7.42. The van der Waals surface area contributed by atoms with E-state index in [4.69, 9.17) is 18.9 Å². The molecule has 9 heteroatoms. The zero-order valence-corrected chi connectivity index (χ0v) is 21.3. The van der Waals surface area contributed by atoms with Crippen LogP contribution in [-0.4, -0.2) is 53.3 Å². The first-order valence-electron chi connectivity index (χ1n) is 12.0. The van der Waals surface area contributed by atoms with Gasteiger partial charge in [0.25, 0.3) is 0 Å². The fraction of sp³-hybridized carbons (Fsp3) is 0.462. The van der Waals surface area contributed by atoms with E-state index in [0.717, 1.165) is 54.0 Å². The summed E-state index contributed by atoms with van der Waals surface area (Å²) in [5.41, 5.74) is 3.71. The highest BCUT2D eigenvalue weighted by Crippen LogP contribution is 2.42. The lowest BCUT2D eigenvalue weighted by atomic mass is 10.1. The van der Waals surface area contributed by atoms with E-state index < -0.39 is 0 Å². The van der Waals surface area contributed by atoms with Gasteiger partial charge in [-0.2, -0.15) is 0 Å². The normalized spacial score (nSPS) is 16.9. The van der Waals surface area contributed by atoms with E-state index in [1.54, 1.807) is 18.9 Å². The molecule has 2 aliphatic heterocycles. The number of rotatable bonds is 10. The van der Waals surface area contributed by atoms with E-state index >= 15 is 0 Å². The Balaban J connectivity index is 1.31. The summed E-state index contributed by atoms with van der Waals surface area (Å²) in [6.07, 6.45) is 2.40. The first kappa shape index (κ1) is 24.0. The van der Waals surface area contributed by atoms with Crippen LogP contribution in [-0.2, 0) is 30.1 Å². The molecular formula is C26H32N4O4S. The van der Waals surface area contributed by atoms with E-state index in [-0.39, 0.29) is 12.9 Å². The van der Waals surface area contributed by atoms with E-state index in [0.29, 0.717) is 24.6 Å². The maximum Gasteiger partial charge on any atom is 0.231 e. The Morgan fingerprint density at radius 3 is 2.86 bits per heavy atom. The summed E-state index contributed by atoms with van der Waals surface area (Å²) in [5.74, 6) is 3.90. The van der Waals surface area contributed by atoms with Gasteiger partial charge in [-0.3, -0.25) is 4.90 Å². The molecule has 1 aromatic heterocycles. The second-order valence-electron chi connectivity index (χ2n) is 9.06. The standard InChI is InChI=1S/C26H32N4O4S/c1-18-7-4-5-8-20(18)16-35-26-28-27-24(30(26)14-21-9-6-10-32-21)15-29(2)13-19-11-22(31-3)25-23(12-19)33-17-34-25/h4-5,7-8,11-12,21H,6,9-10,13-17H2,1-3H3. The molecule has 0 amide bonds. The van der Waals surface area contributed by atoms with Crippen LogP contribution in [0.1, 0.15) is 35.4 Å². The number of aromatic nitrogens is 3. The minimum atomic E-state index is 0.214. The third kappa shape index (κ3) is 5.58. The molecule has 2 aliphatic rings. The topological polar surface area (TPSA) is 70.9 Å². The molecule has 1 fully saturated rings. The molecule has 0 N–H and O–H groups in total. The largest absolute Gasteiger partial charge is 0.493 e. The molecule has 8 nitrogen and oxygen atoms in total. The summed E-state index contributed by atoms with van der Waals surface area (Å²) in [6.45, 7) is 5.37. The maximum absolute atomic E-state index is 5.95. The maximum atomic E-state index is 5.95. The van der Waals surface area contributed by atoms with Crippen molar-refractivity contribution in [2.75, 3.05) is 27.6 Å². The summed E-state index contributed by atoms with van der Waals surface area (Å²) in [5, 5.41) is 10.1. The molecule has 0 aliphatic carbocycles. The molecular weight excluding hydrogens is 464 g/mol. The Morgan fingerprint density at radius 1 is 1.17 bits per heavy atom. The van der Waals surface area contributed by atoms with Crippen molar-refractivity contribution >= 4 is 11.8 Å². The number of aryl methyl sites for hydroxylation is 1. The molecule has 0 saturated carbocycles. The number of nitrogens with zero attached hydrogens (tertiary/aromatic N) is 4. The average Bonchev–Trinajstić information content (AvgIpc) is 3.61. The smallest absolute Gasteiger partial charge is 0.231 e. The van der Waals surface area contributed by atoms with Gasteiger partial charge in [-0.1, -0.05) is 36.0 Å². The van der Waals surface area contributed by atoms with Crippen molar-refractivity contribution in [1.82, 2.24) is 19.7 Å². The van der Waals surface area contributed by atoms with Crippen molar-refractivity contribution in [2.24, 2.45) is 0 Å². The number of hydrogen-bond donors (Lipinski definition) is 0. The molecule has 1 saturated heterocycles. The molecule has 0 radical (unpaired) electrons. The van der Waals surface area contributed by atoms with Crippen LogP contribution in [0.15, 0.2) is 41.6 Å². The van der Waals surface area contributed by atoms with E-state index in [9.17, 15) is 0 Å². The van der Waals surface area contributed by atoms with Crippen LogP contribution in [0.3, 0.4) is 0 Å². The molecule has 3 heterocycles. The SMILES string of the molecule is COc1cc(CN(C)Cc2nnc(SCc3ccccc3C)n2CC2CCCO2)cc2c1OCO2. The Kier molecular flexibility index (Phi) is 7.46. The van der Waals surface area contributed by atoms with Crippen LogP contribution in [0, 0.1) is 6.92 Å². The number of fused-ring (bicyclic) bond motifs is 1. The van der Waals surface area contributed by atoms with Gasteiger partial charge >= 0.3 is 0 Å². The van der Waals surface area contributed by atoms with Gasteiger partial charge < -0.3 is 23.5 Å². The van der Waals surface area contributed by atoms with Crippen LogP contribution < -0.4 is 14.2 Å². The second kappa shape index (κ2) is 10.9. The number of ether oxygens (including phenoxy) is 4. The van der Waals surface area contributed by atoms with Crippen LogP contribution in [0.4, 0.5) is 0 Å². The summed E-state index contributed by atoms with van der Waals surface area (Å²) in [7, 11) is 3.73. The van der Waals surface area contributed by atoms with Gasteiger partial charge in [0.05, 0.1) is 26.3 Å². The molecule has 3 aromatic rings. The molecule has 0 bridgehead atoms. The molecule has 186 valence electrons. The predicted octanol–water partition coefficient (Wildman–Crippen LogP) is 4.43. The zero-order chi connectivity index (χ0) is 24.2. The third-order valence-electron chi connectivity index (χ3n) is 6.40. The summed E-state index contributed by atoms with van der Waals surface area (Å²) in [6, 6.07) is 12.5. The number of methoxy groups -OCH3 is 1. The Labute approximate surface area is 210 Å². The lowest BCUT2D eigenvalue weighted by Gasteiger charge is -2.19. The number of benzene rings is 2. The summed E-state index contributed by atoms with van der Waals surface area (Å²) >= 11 is 1.74. The van der Waals surface area contributed by atoms with Crippen molar-refractivity contribution in [3.8, 4) is 17.2 Å². The monoisotopic (exact) mass is 496 g/mol. The fourth-order valence-electron chi connectivity index (χ4n) is 4.52. The number of thioether (sulfide) groups is 1. The van der Waals surface area contributed by atoms with Crippen LogP contribution in [0.5, 0.6) is 17.2 Å². The summed E-state index contributed by atoms with van der Waals surface area (Å²) < 4.78 is 24.8. The van der Waals surface area contributed by atoms with Crippen LogP contribution >= 0.6 is 11.8 Å². The van der Waals surface area contributed by atoms with Gasteiger partial charge in [0.2, 0.25) is 12.5 Å². The fourth-order valence-corrected chi connectivity index (χ4v) is 5.56. The van der Waals surface area contributed by atoms with Gasteiger partial charge in [-0.25, -0.2) is 0 Å². The van der Waals surface area contributed by atoms with Gasteiger partial charge in [0.15, 0.2) is 16.7 Å². The van der Waals surface area contributed by atoms with Gasteiger partial charge in [0.1, 0.15) is 5.82 Å². The first-order chi connectivity index (χ1) is 17.1. The van der Waals surface area contributed by atoms with E-state index in [1.165, 1.54) is 11.1 Å². The Morgan fingerprint density at radius 2 is 2.06 bits per heavy atom. The van der Waals surface area contributed by atoms with E-state index in [2.05, 4.69) is 57.9 Å². The van der Waals surface area contributed by atoms with Crippen LogP contribution in [0.2, 0.25) is 0 Å². The van der Waals surface area contributed by atoms with Crippen molar-refractivity contribution in [3.05, 3.63) is 58.9 Å². The van der Waals surface area contributed by atoms with Gasteiger partial charge in [-0.15, -0.1) is 10.2 Å². The lowest BCUT2D eigenvalue weighted by Crippen LogP contribution is -2.23. The molecule has 2 aromatic carbocycles. The van der Waals surface area contributed by atoms with Crippen molar-refractivity contribution < 1.29 is 18.9 Å². The molecule has 0 spiro atoms. The highest BCUT2D eigenvalue weighted by atomic mass is 32.2. The minimum absolute atomic E-state index is 0.214. The Hall–Kier alpha value is -2.75. The highest BCUT2D eigenvalue weighted by molar-refractivity contribution is 7.98. The number of hydrogen-bond acceptors (Lipinski definition) is 8. The summed E-state index contributed by atoms with van der Waals surface area (Å²) in [4.78, 5) is 2.22. The lowest BCUT2D eigenvalue weighted by molar-refractivity contribution is 0.0934. The van der Waals surface area contributed by atoms with Crippen molar-refractivity contribution in [3.63, 3.8) is 0 Å². The average molecular weight is 497 g/mol. The van der Waals surface area contributed by atoms with Gasteiger partial charge in [-0.05, 0) is 55.6 Å². The molecule has 5 rings (SSSR count). The van der Waals surface area contributed by atoms with Crippen molar-refractivity contribution in [2.45, 2.75) is 56.4 Å². The second-order valence-corrected chi connectivity index (χ2v) is 10.0. The first-order valence-corrected chi connectivity index (χ1v) is 13.0.